The molecule has 0 spiro atoms. The average molecular weight is 294 g/mol. The average Bonchev–Trinajstić information content (AvgIpc) is 2.89. The largest absolute Gasteiger partial charge is 0.494 e. The van der Waals surface area contributed by atoms with Crippen LogP contribution in [0.15, 0.2) is 48.5 Å². The number of benzene rings is 2. The number of aromatic nitrogens is 2. The van der Waals surface area contributed by atoms with Crippen molar-refractivity contribution in [2.75, 3.05) is 6.61 Å². The van der Waals surface area contributed by atoms with E-state index in [9.17, 15) is 0 Å². The second-order valence-corrected chi connectivity index (χ2v) is 5.54. The Morgan fingerprint density at radius 2 is 1.95 bits per heavy atom. The van der Waals surface area contributed by atoms with Crippen molar-refractivity contribution in [3.8, 4) is 5.75 Å². The molecule has 0 unspecified atom stereocenters. The summed E-state index contributed by atoms with van der Waals surface area (Å²) in [7, 11) is 0. The minimum Gasteiger partial charge on any atom is -0.494 e. The maximum absolute atomic E-state index is 5.84. The van der Waals surface area contributed by atoms with Crippen LogP contribution in [0.2, 0.25) is 0 Å². The monoisotopic (exact) mass is 294 g/mol. The quantitative estimate of drug-likeness (QED) is 0.631. The molecule has 0 atom stereocenters. The first-order valence-corrected chi connectivity index (χ1v) is 7.91. The fourth-order valence-corrected chi connectivity index (χ4v) is 2.76. The second-order valence-electron chi connectivity index (χ2n) is 5.54. The Morgan fingerprint density at radius 1 is 1.09 bits per heavy atom. The number of hydrogen-bond acceptors (Lipinski definition) is 2. The van der Waals surface area contributed by atoms with Crippen molar-refractivity contribution in [2.24, 2.45) is 0 Å². The van der Waals surface area contributed by atoms with Crippen LogP contribution in [0.3, 0.4) is 0 Å². The van der Waals surface area contributed by atoms with Crippen LogP contribution in [0.1, 0.15) is 24.7 Å². The minimum absolute atomic E-state index is 0.721. The minimum atomic E-state index is 0.721. The smallest absolute Gasteiger partial charge is 0.119 e. The van der Waals surface area contributed by atoms with Gasteiger partial charge in [-0.1, -0.05) is 31.2 Å². The molecule has 2 aromatic carbocycles. The van der Waals surface area contributed by atoms with Gasteiger partial charge in [0.1, 0.15) is 11.6 Å². The molecule has 0 saturated heterocycles. The summed E-state index contributed by atoms with van der Waals surface area (Å²) in [6.07, 6.45) is 1.93. The van der Waals surface area contributed by atoms with Crippen LogP contribution >= 0.6 is 0 Å². The Balaban J connectivity index is 1.64. The molecule has 0 N–H and O–H groups in total. The molecule has 0 fully saturated rings. The third-order valence-electron chi connectivity index (χ3n) is 3.83. The Hall–Kier alpha value is -2.29. The van der Waals surface area contributed by atoms with Crippen molar-refractivity contribution in [1.29, 1.82) is 0 Å². The molecule has 0 saturated carbocycles. The molecule has 22 heavy (non-hydrogen) atoms. The van der Waals surface area contributed by atoms with Gasteiger partial charge in [0.2, 0.25) is 0 Å². The summed E-state index contributed by atoms with van der Waals surface area (Å²) in [6, 6.07) is 16.5. The Labute approximate surface area is 131 Å². The van der Waals surface area contributed by atoms with Crippen LogP contribution in [0, 0.1) is 6.92 Å². The van der Waals surface area contributed by atoms with E-state index in [1.54, 1.807) is 0 Å². The molecule has 114 valence electrons. The van der Waals surface area contributed by atoms with E-state index in [1.807, 2.05) is 18.2 Å². The lowest BCUT2D eigenvalue weighted by atomic mass is 10.2. The Kier molecular flexibility index (Phi) is 4.42. The SMILES string of the molecule is CCc1nc2ccccc2n1CCCOc1cccc(C)c1. The zero-order valence-electron chi connectivity index (χ0n) is 13.2. The van der Waals surface area contributed by atoms with Crippen molar-refractivity contribution in [1.82, 2.24) is 9.55 Å². The van der Waals surface area contributed by atoms with E-state index < -0.39 is 0 Å². The van der Waals surface area contributed by atoms with E-state index in [0.717, 1.165) is 43.1 Å². The van der Waals surface area contributed by atoms with Crippen molar-refractivity contribution in [2.45, 2.75) is 33.2 Å². The molecule has 0 bridgehead atoms. The van der Waals surface area contributed by atoms with E-state index >= 15 is 0 Å². The van der Waals surface area contributed by atoms with Gasteiger partial charge in [0.05, 0.1) is 17.6 Å². The molecule has 3 aromatic rings. The molecule has 1 heterocycles. The van der Waals surface area contributed by atoms with Crippen LogP contribution in [0.5, 0.6) is 5.75 Å². The van der Waals surface area contributed by atoms with Gasteiger partial charge in [-0.2, -0.15) is 0 Å². The van der Waals surface area contributed by atoms with Gasteiger partial charge in [0.15, 0.2) is 0 Å². The van der Waals surface area contributed by atoms with Gasteiger partial charge in [-0.05, 0) is 43.2 Å². The predicted octanol–water partition coefficient (Wildman–Crippen LogP) is 4.38. The lowest BCUT2D eigenvalue weighted by molar-refractivity contribution is 0.301. The van der Waals surface area contributed by atoms with Crippen LogP contribution in [-0.4, -0.2) is 16.2 Å². The number of ether oxygens (including phenoxy) is 1. The molecule has 0 aliphatic heterocycles. The molecule has 0 radical (unpaired) electrons. The lowest BCUT2D eigenvalue weighted by Crippen LogP contribution is -2.07. The number of hydrogen-bond donors (Lipinski definition) is 0. The first-order valence-electron chi connectivity index (χ1n) is 7.91. The highest BCUT2D eigenvalue weighted by Crippen LogP contribution is 2.17. The third-order valence-corrected chi connectivity index (χ3v) is 3.83. The highest BCUT2D eigenvalue weighted by molar-refractivity contribution is 5.75. The summed E-state index contributed by atoms with van der Waals surface area (Å²) in [5.74, 6) is 2.10. The first kappa shape index (κ1) is 14.6. The van der Waals surface area contributed by atoms with Crippen LogP contribution in [0.25, 0.3) is 11.0 Å². The number of fused-ring (bicyclic) bond motifs is 1. The van der Waals surface area contributed by atoms with E-state index in [-0.39, 0.29) is 0 Å². The van der Waals surface area contributed by atoms with Gasteiger partial charge in [-0.3, -0.25) is 0 Å². The van der Waals surface area contributed by atoms with Crippen LogP contribution in [0.4, 0.5) is 0 Å². The number of nitrogens with zero attached hydrogens (tertiary/aromatic N) is 2. The molecule has 3 rings (SSSR count). The van der Waals surface area contributed by atoms with Gasteiger partial charge in [-0.25, -0.2) is 4.98 Å². The van der Waals surface area contributed by atoms with Crippen molar-refractivity contribution in [3.63, 3.8) is 0 Å². The fraction of sp³-hybridized carbons (Fsp3) is 0.316. The van der Waals surface area contributed by atoms with Crippen LogP contribution < -0.4 is 4.74 Å². The molecule has 3 nitrogen and oxygen atoms in total. The first-order chi connectivity index (χ1) is 10.8. The summed E-state index contributed by atoms with van der Waals surface area (Å²) in [6.45, 7) is 5.90. The highest BCUT2D eigenvalue weighted by atomic mass is 16.5. The highest BCUT2D eigenvalue weighted by Gasteiger charge is 2.08. The molecule has 0 aliphatic rings. The van der Waals surface area contributed by atoms with Crippen molar-refractivity contribution >= 4 is 11.0 Å². The van der Waals surface area contributed by atoms with E-state index in [0.29, 0.717) is 0 Å². The van der Waals surface area contributed by atoms with Gasteiger partial charge in [0.25, 0.3) is 0 Å². The number of para-hydroxylation sites is 2. The van der Waals surface area contributed by atoms with Gasteiger partial charge in [-0.15, -0.1) is 0 Å². The lowest BCUT2D eigenvalue weighted by Gasteiger charge is -2.10. The summed E-state index contributed by atoms with van der Waals surface area (Å²) in [5.41, 5.74) is 3.53. The molecular formula is C19H22N2O. The maximum atomic E-state index is 5.84. The van der Waals surface area contributed by atoms with Crippen molar-refractivity contribution in [3.05, 3.63) is 59.9 Å². The van der Waals surface area contributed by atoms with E-state index in [1.165, 1.54) is 11.1 Å². The van der Waals surface area contributed by atoms with Gasteiger partial charge < -0.3 is 9.30 Å². The second kappa shape index (κ2) is 6.65. The Bertz CT molecular complexity index is 761. The van der Waals surface area contributed by atoms with Crippen molar-refractivity contribution < 1.29 is 4.74 Å². The number of imidazole rings is 1. The fourth-order valence-electron chi connectivity index (χ4n) is 2.76. The molecule has 0 aliphatic carbocycles. The molecule has 3 heteroatoms. The Morgan fingerprint density at radius 3 is 2.77 bits per heavy atom. The summed E-state index contributed by atoms with van der Waals surface area (Å²) in [4.78, 5) is 4.70. The molecular weight excluding hydrogens is 272 g/mol. The zero-order chi connectivity index (χ0) is 15.4. The zero-order valence-corrected chi connectivity index (χ0v) is 13.2. The predicted molar refractivity (Wildman–Crippen MR) is 90.4 cm³/mol. The topological polar surface area (TPSA) is 27.1 Å². The van der Waals surface area contributed by atoms with E-state index in [4.69, 9.17) is 9.72 Å². The van der Waals surface area contributed by atoms with E-state index in [2.05, 4.69) is 48.7 Å². The summed E-state index contributed by atoms with van der Waals surface area (Å²) < 4.78 is 8.15. The van der Waals surface area contributed by atoms with Gasteiger partial charge >= 0.3 is 0 Å². The molecule has 0 amide bonds. The third kappa shape index (κ3) is 3.14. The normalized spacial score (nSPS) is 11.0. The summed E-state index contributed by atoms with van der Waals surface area (Å²) >= 11 is 0. The number of rotatable bonds is 6. The molecule has 1 aromatic heterocycles. The maximum Gasteiger partial charge on any atom is 0.119 e. The standard InChI is InChI=1S/C19H22N2O/c1-3-19-20-17-10-4-5-11-18(17)21(19)12-7-13-22-16-9-6-8-15(2)14-16/h4-6,8-11,14H,3,7,12-13H2,1-2H3. The summed E-state index contributed by atoms with van der Waals surface area (Å²) in [5, 5.41) is 0. The van der Waals surface area contributed by atoms with Gasteiger partial charge in [0, 0.05) is 13.0 Å². The number of aryl methyl sites for hydroxylation is 3. The van der Waals surface area contributed by atoms with Crippen LogP contribution in [-0.2, 0) is 13.0 Å².